The van der Waals surface area contributed by atoms with Gasteiger partial charge in [0.15, 0.2) is 0 Å². The minimum atomic E-state index is 0.0397. The van der Waals surface area contributed by atoms with E-state index in [1.807, 2.05) is 23.0 Å². The number of hydrogen-bond acceptors (Lipinski definition) is 4. The molecule has 1 amide bonds. The van der Waals surface area contributed by atoms with Crippen LogP contribution in [0, 0.1) is 6.92 Å². The zero-order valence-electron chi connectivity index (χ0n) is 16.6. The van der Waals surface area contributed by atoms with Gasteiger partial charge in [-0.2, -0.15) is 5.10 Å². The van der Waals surface area contributed by atoms with Crippen LogP contribution in [-0.4, -0.2) is 45.2 Å². The molecule has 3 aromatic rings. The third kappa shape index (κ3) is 4.97. The molecule has 29 heavy (non-hydrogen) atoms. The van der Waals surface area contributed by atoms with E-state index in [0.29, 0.717) is 13.1 Å². The standard InChI is InChI=1S/C23H25N5O/c1-18-4-6-22(7-5-18)28-16-21(15-26-28)20-8-11-27(12-9-20)17-23(29)25-14-19-3-2-10-24-13-19/h2-8,10,13,15-16H,9,11-12,14,17H2,1H3,(H,25,29). The molecule has 6 heteroatoms. The van der Waals surface area contributed by atoms with Crippen molar-refractivity contribution in [2.45, 2.75) is 19.9 Å². The summed E-state index contributed by atoms with van der Waals surface area (Å²) in [6, 6.07) is 12.2. The molecule has 1 aliphatic heterocycles. The van der Waals surface area contributed by atoms with Crippen molar-refractivity contribution >= 4 is 11.5 Å². The molecule has 0 bridgehead atoms. The Hall–Kier alpha value is -3.25. The SMILES string of the molecule is Cc1ccc(-n2cc(C3=CCN(CC(=O)NCc4cccnc4)CC3)cn2)cc1. The van der Waals surface area contributed by atoms with Crippen molar-refractivity contribution in [3.63, 3.8) is 0 Å². The van der Waals surface area contributed by atoms with E-state index in [9.17, 15) is 4.79 Å². The summed E-state index contributed by atoms with van der Waals surface area (Å²) in [4.78, 5) is 18.4. The lowest BCUT2D eigenvalue weighted by molar-refractivity contribution is -0.122. The number of carbonyl (C=O) groups is 1. The molecule has 2 aromatic heterocycles. The van der Waals surface area contributed by atoms with Gasteiger partial charge in [0.25, 0.3) is 0 Å². The highest BCUT2D eigenvalue weighted by atomic mass is 16.2. The van der Waals surface area contributed by atoms with Gasteiger partial charge in [-0.3, -0.25) is 14.7 Å². The van der Waals surface area contributed by atoms with Gasteiger partial charge in [-0.1, -0.05) is 29.8 Å². The summed E-state index contributed by atoms with van der Waals surface area (Å²) in [5, 5.41) is 7.46. The fourth-order valence-corrected chi connectivity index (χ4v) is 3.41. The van der Waals surface area contributed by atoms with Crippen LogP contribution in [0.5, 0.6) is 0 Å². The number of aromatic nitrogens is 3. The number of amides is 1. The van der Waals surface area contributed by atoms with E-state index in [-0.39, 0.29) is 5.91 Å². The highest BCUT2D eigenvalue weighted by Crippen LogP contribution is 2.23. The number of hydrogen-bond donors (Lipinski definition) is 1. The predicted octanol–water partition coefficient (Wildman–Crippen LogP) is 2.98. The Kier molecular flexibility index (Phi) is 5.81. The van der Waals surface area contributed by atoms with Crippen molar-refractivity contribution in [3.05, 3.63) is 84.0 Å². The number of benzene rings is 1. The van der Waals surface area contributed by atoms with Crippen LogP contribution in [0.4, 0.5) is 0 Å². The first-order valence-electron chi connectivity index (χ1n) is 9.86. The number of carbonyl (C=O) groups excluding carboxylic acids is 1. The Bertz CT molecular complexity index is 992. The smallest absolute Gasteiger partial charge is 0.234 e. The molecule has 4 rings (SSSR count). The number of aryl methyl sites for hydroxylation is 1. The molecule has 0 unspecified atom stereocenters. The molecule has 0 saturated carbocycles. The maximum Gasteiger partial charge on any atom is 0.234 e. The van der Waals surface area contributed by atoms with Crippen LogP contribution in [0.25, 0.3) is 11.3 Å². The molecule has 148 valence electrons. The van der Waals surface area contributed by atoms with Crippen LogP contribution < -0.4 is 5.32 Å². The van der Waals surface area contributed by atoms with E-state index in [0.717, 1.165) is 36.3 Å². The van der Waals surface area contributed by atoms with E-state index >= 15 is 0 Å². The van der Waals surface area contributed by atoms with Crippen molar-refractivity contribution in [2.75, 3.05) is 19.6 Å². The largest absolute Gasteiger partial charge is 0.351 e. The van der Waals surface area contributed by atoms with Crippen molar-refractivity contribution in [2.24, 2.45) is 0 Å². The van der Waals surface area contributed by atoms with Gasteiger partial charge in [-0.15, -0.1) is 0 Å². The quantitative estimate of drug-likeness (QED) is 0.706. The lowest BCUT2D eigenvalue weighted by atomic mass is 10.0. The van der Waals surface area contributed by atoms with Gasteiger partial charge >= 0.3 is 0 Å². The highest BCUT2D eigenvalue weighted by molar-refractivity contribution is 5.78. The Morgan fingerprint density at radius 3 is 2.76 bits per heavy atom. The summed E-state index contributed by atoms with van der Waals surface area (Å²) in [5.74, 6) is 0.0397. The Morgan fingerprint density at radius 2 is 2.03 bits per heavy atom. The van der Waals surface area contributed by atoms with Crippen molar-refractivity contribution in [1.82, 2.24) is 25.0 Å². The topological polar surface area (TPSA) is 63.1 Å². The molecule has 3 heterocycles. The van der Waals surface area contributed by atoms with Crippen LogP contribution in [0.2, 0.25) is 0 Å². The second-order valence-electron chi connectivity index (χ2n) is 7.36. The molecule has 0 atom stereocenters. The summed E-state index contributed by atoms with van der Waals surface area (Å²) in [6.07, 6.45) is 10.6. The molecule has 0 aliphatic carbocycles. The van der Waals surface area contributed by atoms with Crippen molar-refractivity contribution in [1.29, 1.82) is 0 Å². The normalized spacial score (nSPS) is 14.4. The number of rotatable bonds is 6. The predicted molar refractivity (Wildman–Crippen MR) is 113 cm³/mol. The van der Waals surface area contributed by atoms with Crippen LogP contribution in [0.3, 0.4) is 0 Å². The minimum absolute atomic E-state index is 0.0397. The average molecular weight is 387 g/mol. The molecule has 6 nitrogen and oxygen atoms in total. The molecule has 0 saturated heterocycles. The average Bonchev–Trinajstić information content (AvgIpc) is 3.24. The number of nitrogens with one attached hydrogen (secondary N) is 1. The Morgan fingerprint density at radius 1 is 1.17 bits per heavy atom. The fraction of sp³-hybridized carbons (Fsp3) is 0.261. The van der Waals surface area contributed by atoms with E-state index in [1.165, 1.54) is 11.1 Å². The zero-order chi connectivity index (χ0) is 20.1. The summed E-state index contributed by atoms with van der Waals surface area (Å²) in [5.41, 5.74) is 5.74. The summed E-state index contributed by atoms with van der Waals surface area (Å²) in [7, 11) is 0. The van der Waals surface area contributed by atoms with Gasteiger partial charge in [0, 0.05) is 43.8 Å². The van der Waals surface area contributed by atoms with E-state index in [4.69, 9.17) is 0 Å². The van der Waals surface area contributed by atoms with Gasteiger partial charge in [0.2, 0.25) is 5.91 Å². The summed E-state index contributed by atoms with van der Waals surface area (Å²) >= 11 is 0. The summed E-state index contributed by atoms with van der Waals surface area (Å²) in [6.45, 7) is 4.63. The van der Waals surface area contributed by atoms with E-state index in [1.54, 1.807) is 12.4 Å². The maximum atomic E-state index is 12.2. The van der Waals surface area contributed by atoms with Crippen LogP contribution in [-0.2, 0) is 11.3 Å². The molecule has 1 aromatic carbocycles. The molecular formula is C23H25N5O. The second-order valence-corrected chi connectivity index (χ2v) is 7.36. The van der Waals surface area contributed by atoms with Gasteiger partial charge in [-0.25, -0.2) is 4.68 Å². The first-order valence-corrected chi connectivity index (χ1v) is 9.86. The van der Waals surface area contributed by atoms with Gasteiger partial charge in [0.1, 0.15) is 0 Å². The Labute approximate surface area is 170 Å². The van der Waals surface area contributed by atoms with Crippen LogP contribution in [0.1, 0.15) is 23.1 Å². The Balaban J connectivity index is 1.30. The van der Waals surface area contributed by atoms with Crippen molar-refractivity contribution in [3.8, 4) is 5.69 Å². The van der Waals surface area contributed by atoms with Gasteiger partial charge < -0.3 is 5.32 Å². The number of nitrogens with zero attached hydrogens (tertiary/aromatic N) is 4. The number of pyridine rings is 1. The first-order chi connectivity index (χ1) is 14.2. The second kappa shape index (κ2) is 8.84. The summed E-state index contributed by atoms with van der Waals surface area (Å²) < 4.78 is 1.91. The molecule has 0 fully saturated rings. The lowest BCUT2D eigenvalue weighted by Crippen LogP contribution is -2.39. The third-order valence-corrected chi connectivity index (χ3v) is 5.12. The van der Waals surface area contributed by atoms with E-state index in [2.05, 4.69) is 63.8 Å². The molecule has 0 radical (unpaired) electrons. The highest BCUT2D eigenvalue weighted by Gasteiger charge is 2.16. The third-order valence-electron chi connectivity index (χ3n) is 5.12. The molecule has 0 spiro atoms. The van der Waals surface area contributed by atoms with E-state index < -0.39 is 0 Å². The van der Waals surface area contributed by atoms with Gasteiger partial charge in [-0.05, 0) is 42.7 Å². The van der Waals surface area contributed by atoms with Crippen LogP contribution >= 0.6 is 0 Å². The minimum Gasteiger partial charge on any atom is -0.351 e. The van der Waals surface area contributed by atoms with Crippen molar-refractivity contribution < 1.29 is 4.79 Å². The molecule has 1 aliphatic rings. The monoisotopic (exact) mass is 387 g/mol. The zero-order valence-corrected chi connectivity index (χ0v) is 16.6. The molecule has 1 N–H and O–H groups in total. The molecular weight excluding hydrogens is 362 g/mol. The fourth-order valence-electron chi connectivity index (χ4n) is 3.41. The lowest BCUT2D eigenvalue weighted by Gasteiger charge is -2.25. The van der Waals surface area contributed by atoms with Gasteiger partial charge in [0.05, 0.1) is 18.4 Å². The first kappa shape index (κ1) is 19.1. The maximum absolute atomic E-state index is 12.2. The van der Waals surface area contributed by atoms with Crippen LogP contribution in [0.15, 0.2) is 67.3 Å².